The summed E-state index contributed by atoms with van der Waals surface area (Å²) in [6.07, 6.45) is 1.48. The lowest BCUT2D eigenvalue weighted by Gasteiger charge is -2.08. The molecule has 5 N–H and O–H groups in total. The number of amides is 2. The summed E-state index contributed by atoms with van der Waals surface area (Å²) in [7, 11) is 0. The van der Waals surface area contributed by atoms with E-state index >= 15 is 0 Å². The van der Waals surface area contributed by atoms with Crippen LogP contribution in [0.5, 0.6) is 0 Å². The Kier molecular flexibility index (Phi) is 5.80. The van der Waals surface area contributed by atoms with Gasteiger partial charge in [0.15, 0.2) is 5.82 Å². The monoisotopic (exact) mass is 381 g/mol. The molecule has 2 aromatic heterocycles. The van der Waals surface area contributed by atoms with E-state index in [1.54, 1.807) is 12.1 Å². The Bertz CT molecular complexity index is 956. The molecule has 0 aliphatic carbocycles. The predicted molar refractivity (Wildman–Crippen MR) is 101 cm³/mol. The number of hydrogen-bond acceptors (Lipinski definition) is 8. The number of aromatic nitrogens is 3. The van der Waals surface area contributed by atoms with Gasteiger partial charge in [-0.3, -0.25) is 9.59 Å². The summed E-state index contributed by atoms with van der Waals surface area (Å²) in [6, 6.07) is 11.0. The zero-order valence-electron chi connectivity index (χ0n) is 15.1. The topological polar surface area (TPSA) is 148 Å². The first-order valence-corrected chi connectivity index (χ1v) is 8.42. The molecule has 3 rings (SSSR count). The number of carbonyl (C=O) groups is 2. The molecule has 3 aromatic rings. The van der Waals surface area contributed by atoms with Gasteiger partial charge in [0.2, 0.25) is 11.9 Å². The standard InChI is InChI=1S/C18H19N7O3/c1-11-4-6-12(7-5-11)22-18-24-14(23-17(19)25-18)10-21-16(27)15(26)20-9-13-3-2-8-28-13/h2-8H,9-10H2,1H3,(H,20,26)(H,21,27)(H3,19,22,23,24,25). The molecule has 1 aromatic carbocycles. The molecule has 0 aliphatic heterocycles. The molecule has 0 aliphatic rings. The van der Waals surface area contributed by atoms with Gasteiger partial charge >= 0.3 is 11.8 Å². The first-order valence-electron chi connectivity index (χ1n) is 8.42. The van der Waals surface area contributed by atoms with Crippen molar-refractivity contribution in [1.82, 2.24) is 25.6 Å². The summed E-state index contributed by atoms with van der Waals surface area (Å²) >= 11 is 0. The predicted octanol–water partition coefficient (Wildman–Crippen LogP) is 1.03. The molecule has 10 heteroatoms. The number of rotatable bonds is 6. The van der Waals surface area contributed by atoms with Crippen LogP contribution in [0.25, 0.3) is 0 Å². The second-order valence-electron chi connectivity index (χ2n) is 5.87. The number of nitrogens with one attached hydrogen (secondary N) is 3. The lowest BCUT2D eigenvalue weighted by molar-refractivity contribution is -0.139. The maximum atomic E-state index is 11.9. The number of benzene rings is 1. The van der Waals surface area contributed by atoms with Gasteiger partial charge in [-0.25, -0.2) is 0 Å². The minimum absolute atomic E-state index is 0.00358. The molecule has 0 unspecified atom stereocenters. The lowest BCUT2D eigenvalue weighted by Crippen LogP contribution is -2.39. The van der Waals surface area contributed by atoms with Crippen molar-refractivity contribution < 1.29 is 14.0 Å². The van der Waals surface area contributed by atoms with Crippen LogP contribution in [0.2, 0.25) is 0 Å². The van der Waals surface area contributed by atoms with Crippen LogP contribution in [0.15, 0.2) is 47.1 Å². The fraction of sp³-hybridized carbons (Fsp3) is 0.167. The van der Waals surface area contributed by atoms with Crippen LogP contribution < -0.4 is 21.7 Å². The van der Waals surface area contributed by atoms with Crippen LogP contribution in [0.1, 0.15) is 17.1 Å². The first-order chi connectivity index (χ1) is 13.5. The fourth-order valence-corrected chi connectivity index (χ4v) is 2.24. The van der Waals surface area contributed by atoms with Crippen LogP contribution in [0, 0.1) is 6.92 Å². The highest BCUT2D eigenvalue weighted by Crippen LogP contribution is 2.14. The molecular formula is C18H19N7O3. The molecule has 0 radical (unpaired) electrons. The van der Waals surface area contributed by atoms with Gasteiger partial charge in [-0.1, -0.05) is 17.7 Å². The fourth-order valence-electron chi connectivity index (χ4n) is 2.24. The van der Waals surface area contributed by atoms with Crippen molar-refractivity contribution >= 4 is 29.4 Å². The smallest absolute Gasteiger partial charge is 0.309 e. The van der Waals surface area contributed by atoms with Crippen molar-refractivity contribution in [1.29, 1.82) is 0 Å². The molecule has 0 saturated heterocycles. The highest BCUT2D eigenvalue weighted by Gasteiger charge is 2.14. The number of aryl methyl sites for hydroxylation is 1. The molecule has 2 amide bonds. The van der Waals surface area contributed by atoms with Crippen molar-refractivity contribution in [3.63, 3.8) is 0 Å². The van der Waals surface area contributed by atoms with Gasteiger partial charge in [0.05, 0.1) is 19.4 Å². The first kappa shape index (κ1) is 18.8. The van der Waals surface area contributed by atoms with Gasteiger partial charge in [-0.05, 0) is 31.2 Å². The summed E-state index contributed by atoms with van der Waals surface area (Å²) in [4.78, 5) is 35.9. The molecule has 0 atom stereocenters. The van der Waals surface area contributed by atoms with E-state index in [4.69, 9.17) is 10.2 Å². The zero-order chi connectivity index (χ0) is 19.9. The summed E-state index contributed by atoms with van der Waals surface area (Å²) in [6.45, 7) is 2.02. The van der Waals surface area contributed by atoms with Crippen LogP contribution in [0.3, 0.4) is 0 Å². The van der Waals surface area contributed by atoms with Crippen LogP contribution in [0.4, 0.5) is 17.6 Å². The lowest BCUT2D eigenvalue weighted by atomic mass is 10.2. The number of anilines is 3. The maximum Gasteiger partial charge on any atom is 0.309 e. The van der Waals surface area contributed by atoms with Crippen molar-refractivity contribution in [2.24, 2.45) is 0 Å². The third-order valence-electron chi connectivity index (χ3n) is 3.62. The van der Waals surface area contributed by atoms with Crippen LogP contribution >= 0.6 is 0 Å². The third-order valence-corrected chi connectivity index (χ3v) is 3.62. The molecule has 0 bridgehead atoms. The normalized spacial score (nSPS) is 10.3. The zero-order valence-corrected chi connectivity index (χ0v) is 15.1. The molecule has 2 heterocycles. The van der Waals surface area contributed by atoms with Gasteiger partial charge in [0, 0.05) is 5.69 Å². The SMILES string of the molecule is Cc1ccc(Nc2nc(N)nc(CNC(=O)C(=O)NCc3ccco3)n2)cc1. The summed E-state index contributed by atoms with van der Waals surface area (Å²) in [5.74, 6) is -0.624. The van der Waals surface area contributed by atoms with E-state index in [9.17, 15) is 9.59 Å². The molecule has 0 fully saturated rings. The number of hydrogen-bond donors (Lipinski definition) is 4. The van der Waals surface area contributed by atoms with E-state index in [0.717, 1.165) is 11.3 Å². The summed E-state index contributed by atoms with van der Waals surface area (Å²) in [5.41, 5.74) is 7.60. The maximum absolute atomic E-state index is 11.9. The molecule has 28 heavy (non-hydrogen) atoms. The molecule has 0 saturated carbocycles. The molecule has 144 valence electrons. The Balaban J connectivity index is 1.56. The number of nitrogens with two attached hydrogens (primary N) is 1. The van der Waals surface area contributed by atoms with E-state index in [0.29, 0.717) is 5.76 Å². The van der Waals surface area contributed by atoms with E-state index in [-0.39, 0.29) is 30.8 Å². The quantitative estimate of drug-likeness (QED) is 0.463. The Morgan fingerprint density at radius 1 is 1.00 bits per heavy atom. The van der Waals surface area contributed by atoms with Gasteiger partial charge in [-0.15, -0.1) is 0 Å². The van der Waals surface area contributed by atoms with Gasteiger partial charge < -0.3 is 26.1 Å². The minimum Gasteiger partial charge on any atom is -0.467 e. The van der Waals surface area contributed by atoms with E-state index < -0.39 is 11.8 Å². The average Bonchev–Trinajstić information content (AvgIpc) is 3.19. The third kappa shape index (κ3) is 5.27. The van der Waals surface area contributed by atoms with Crippen molar-refractivity contribution in [2.75, 3.05) is 11.1 Å². The molecular weight excluding hydrogens is 362 g/mol. The second kappa shape index (κ2) is 8.62. The molecule has 10 nitrogen and oxygen atoms in total. The van der Waals surface area contributed by atoms with E-state index in [1.165, 1.54) is 6.26 Å². The molecule has 0 spiro atoms. The van der Waals surface area contributed by atoms with Crippen molar-refractivity contribution in [3.05, 3.63) is 59.8 Å². The van der Waals surface area contributed by atoms with Crippen LogP contribution in [-0.4, -0.2) is 26.8 Å². The van der Waals surface area contributed by atoms with Crippen LogP contribution in [-0.2, 0) is 22.7 Å². The highest BCUT2D eigenvalue weighted by molar-refractivity contribution is 6.35. The average molecular weight is 381 g/mol. The van der Waals surface area contributed by atoms with Gasteiger partial charge in [0.1, 0.15) is 5.76 Å². The van der Waals surface area contributed by atoms with E-state index in [2.05, 4.69) is 30.9 Å². The number of carbonyl (C=O) groups excluding carboxylic acids is 2. The summed E-state index contributed by atoms with van der Waals surface area (Å²) in [5, 5.41) is 7.90. The van der Waals surface area contributed by atoms with Gasteiger partial charge in [0.25, 0.3) is 0 Å². The second-order valence-corrected chi connectivity index (χ2v) is 5.87. The Morgan fingerprint density at radius 3 is 2.39 bits per heavy atom. The number of nitrogen functional groups attached to an aromatic ring is 1. The summed E-state index contributed by atoms with van der Waals surface area (Å²) < 4.78 is 5.08. The highest BCUT2D eigenvalue weighted by atomic mass is 16.3. The minimum atomic E-state index is -0.821. The van der Waals surface area contributed by atoms with E-state index in [1.807, 2.05) is 31.2 Å². The number of furan rings is 1. The Hall–Kier alpha value is -3.95. The Morgan fingerprint density at radius 2 is 1.71 bits per heavy atom. The largest absolute Gasteiger partial charge is 0.467 e. The van der Waals surface area contributed by atoms with Crippen molar-refractivity contribution in [2.45, 2.75) is 20.0 Å². The number of nitrogens with zero attached hydrogens (tertiary/aromatic N) is 3. The Labute approximate surface area is 160 Å². The van der Waals surface area contributed by atoms with Crippen molar-refractivity contribution in [3.8, 4) is 0 Å². The van der Waals surface area contributed by atoms with Gasteiger partial charge in [-0.2, -0.15) is 15.0 Å².